The Bertz CT molecular complexity index is 202. The van der Waals surface area contributed by atoms with Crippen molar-refractivity contribution in [2.45, 2.75) is 45.3 Å². The number of nitrogens with one attached hydrogen (secondary N) is 1. The molecule has 0 amide bonds. The van der Waals surface area contributed by atoms with Crippen LogP contribution in [-0.2, 0) is 4.74 Å². The van der Waals surface area contributed by atoms with E-state index < -0.39 is 0 Å². The normalized spacial score (nSPS) is 20.5. The van der Waals surface area contributed by atoms with Gasteiger partial charge in [-0.25, -0.2) is 0 Å². The van der Waals surface area contributed by atoms with Gasteiger partial charge in [0.05, 0.1) is 19.3 Å². The second-order valence-corrected chi connectivity index (χ2v) is 5.22. The van der Waals surface area contributed by atoms with Crippen molar-refractivity contribution >= 4 is 0 Å². The number of hydrogen-bond donors (Lipinski definition) is 2. The van der Waals surface area contributed by atoms with Crippen LogP contribution in [0.25, 0.3) is 0 Å². The van der Waals surface area contributed by atoms with E-state index in [1.54, 1.807) is 0 Å². The standard InChI is InChI=1S/C13H28N2O2/c1-4-13(3,5-2)14-10-12(16)11-15-6-8-17-9-7-15/h12,14,16H,4-11H2,1-3H3. The first-order valence-corrected chi connectivity index (χ1v) is 6.83. The molecule has 1 atom stereocenters. The fourth-order valence-corrected chi connectivity index (χ4v) is 2.01. The largest absolute Gasteiger partial charge is 0.390 e. The smallest absolute Gasteiger partial charge is 0.0791 e. The van der Waals surface area contributed by atoms with Gasteiger partial charge in [-0.15, -0.1) is 0 Å². The molecule has 4 nitrogen and oxygen atoms in total. The Morgan fingerprint density at radius 2 is 1.88 bits per heavy atom. The molecule has 1 heterocycles. The SMILES string of the molecule is CCC(C)(CC)NCC(O)CN1CCOCC1. The molecule has 0 aromatic carbocycles. The number of aliphatic hydroxyl groups is 1. The lowest BCUT2D eigenvalue weighted by atomic mass is 9.95. The first-order chi connectivity index (χ1) is 8.09. The minimum atomic E-state index is -0.287. The molecular formula is C13H28N2O2. The van der Waals surface area contributed by atoms with Crippen molar-refractivity contribution in [1.29, 1.82) is 0 Å². The van der Waals surface area contributed by atoms with Crippen molar-refractivity contribution in [1.82, 2.24) is 10.2 Å². The fourth-order valence-electron chi connectivity index (χ4n) is 2.01. The Labute approximate surface area is 105 Å². The van der Waals surface area contributed by atoms with Crippen LogP contribution in [0.3, 0.4) is 0 Å². The number of aliphatic hydroxyl groups excluding tert-OH is 1. The van der Waals surface area contributed by atoms with Gasteiger partial charge in [0.25, 0.3) is 0 Å². The molecule has 0 aromatic heterocycles. The van der Waals surface area contributed by atoms with Gasteiger partial charge in [-0.3, -0.25) is 4.90 Å². The maximum atomic E-state index is 10.0. The molecule has 1 unspecified atom stereocenters. The summed E-state index contributed by atoms with van der Waals surface area (Å²) in [5.41, 5.74) is 0.159. The lowest BCUT2D eigenvalue weighted by molar-refractivity contribution is 0.0134. The molecule has 1 fully saturated rings. The molecule has 0 aliphatic carbocycles. The minimum absolute atomic E-state index is 0.159. The topological polar surface area (TPSA) is 44.7 Å². The van der Waals surface area contributed by atoms with Crippen LogP contribution in [0.15, 0.2) is 0 Å². The zero-order chi connectivity index (χ0) is 12.7. The van der Waals surface area contributed by atoms with E-state index in [1.807, 2.05) is 0 Å². The third-order valence-electron chi connectivity index (χ3n) is 3.90. The molecule has 0 aromatic rings. The summed E-state index contributed by atoms with van der Waals surface area (Å²) >= 11 is 0. The molecule has 1 rings (SSSR count). The van der Waals surface area contributed by atoms with E-state index >= 15 is 0 Å². The highest BCUT2D eigenvalue weighted by molar-refractivity contribution is 4.81. The van der Waals surface area contributed by atoms with Crippen molar-refractivity contribution in [3.05, 3.63) is 0 Å². The zero-order valence-electron chi connectivity index (χ0n) is 11.5. The van der Waals surface area contributed by atoms with Crippen molar-refractivity contribution in [3.8, 4) is 0 Å². The van der Waals surface area contributed by atoms with E-state index in [4.69, 9.17) is 4.74 Å². The van der Waals surface area contributed by atoms with E-state index in [2.05, 4.69) is 31.0 Å². The van der Waals surface area contributed by atoms with Crippen LogP contribution in [0.2, 0.25) is 0 Å². The lowest BCUT2D eigenvalue weighted by Crippen LogP contribution is -2.49. The summed E-state index contributed by atoms with van der Waals surface area (Å²) in [5.74, 6) is 0. The number of ether oxygens (including phenoxy) is 1. The molecule has 2 N–H and O–H groups in total. The highest BCUT2D eigenvalue weighted by atomic mass is 16.5. The number of morpholine rings is 1. The number of β-amino-alcohol motifs (C(OH)–C–C–N with tert-alkyl or cyclic N) is 1. The predicted molar refractivity (Wildman–Crippen MR) is 70.3 cm³/mol. The minimum Gasteiger partial charge on any atom is -0.390 e. The first-order valence-electron chi connectivity index (χ1n) is 6.83. The summed E-state index contributed by atoms with van der Waals surface area (Å²) in [7, 11) is 0. The van der Waals surface area contributed by atoms with Crippen molar-refractivity contribution in [2.24, 2.45) is 0 Å². The Morgan fingerprint density at radius 1 is 1.29 bits per heavy atom. The molecule has 102 valence electrons. The molecule has 17 heavy (non-hydrogen) atoms. The Kier molecular flexibility index (Phi) is 6.41. The van der Waals surface area contributed by atoms with Crippen LogP contribution in [0.5, 0.6) is 0 Å². The molecule has 0 saturated carbocycles. The van der Waals surface area contributed by atoms with Gasteiger partial charge in [0.2, 0.25) is 0 Å². The summed E-state index contributed by atoms with van der Waals surface area (Å²) in [6.07, 6.45) is 1.90. The van der Waals surface area contributed by atoms with Crippen LogP contribution in [0.1, 0.15) is 33.6 Å². The average molecular weight is 244 g/mol. The van der Waals surface area contributed by atoms with Crippen molar-refractivity contribution < 1.29 is 9.84 Å². The number of hydrogen-bond acceptors (Lipinski definition) is 4. The van der Waals surface area contributed by atoms with Gasteiger partial charge in [0.15, 0.2) is 0 Å². The van der Waals surface area contributed by atoms with Gasteiger partial charge in [0, 0.05) is 31.7 Å². The van der Waals surface area contributed by atoms with Crippen LogP contribution in [-0.4, -0.2) is 61.0 Å². The van der Waals surface area contributed by atoms with E-state index in [9.17, 15) is 5.11 Å². The molecule has 1 aliphatic heterocycles. The van der Waals surface area contributed by atoms with Crippen molar-refractivity contribution in [3.63, 3.8) is 0 Å². The summed E-state index contributed by atoms with van der Waals surface area (Å²) in [4.78, 5) is 2.27. The second-order valence-electron chi connectivity index (χ2n) is 5.22. The van der Waals surface area contributed by atoms with Gasteiger partial charge < -0.3 is 15.2 Å². The Balaban J connectivity index is 2.21. The maximum Gasteiger partial charge on any atom is 0.0791 e. The quantitative estimate of drug-likeness (QED) is 0.697. The Morgan fingerprint density at radius 3 is 2.41 bits per heavy atom. The Hall–Kier alpha value is -0.160. The molecule has 1 saturated heterocycles. The molecule has 4 heteroatoms. The second kappa shape index (κ2) is 7.31. The van der Waals surface area contributed by atoms with Gasteiger partial charge in [-0.1, -0.05) is 13.8 Å². The summed E-state index contributed by atoms with van der Waals surface area (Å²) in [5, 5.41) is 13.5. The maximum absolute atomic E-state index is 10.0. The van der Waals surface area contributed by atoms with Crippen LogP contribution >= 0.6 is 0 Å². The molecular weight excluding hydrogens is 216 g/mol. The average Bonchev–Trinajstić information content (AvgIpc) is 2.37. The molecule has 0 bridgehead atoms. The van der Waals surface area contributed by atoms with E-state index in [1.165, 1.54) is 0 Å². The first kappa shape index (κ1) is 14.9. The van der Waals surface area contributed by atoms with Gasteiger partial charge in [-0.2, -0.15) is 0 Å². The lowest BCUT2D eigenvalue weighted by Gasteiger charge is -2.32. The number of rotatable bonds is 7. The molecule has 0 spiro atoms. The summed E-state index contributed by atoms with van der Waals surface area (Å²) in [6.45, 7) is 11.5. The molecule has 0 radical (unpaired) electrons. The van der Waals surface area contributed by atoms with E-state index in [-0.39, 0.29) is 11.6 Å². The van der Waals surface area contributed by atoms with Gasteiger partial charge in [0.1, 0.15) is 0 Å². The highest BCUT2D eigenvalue weighted by Gasteiger charge is 2.21. The fraction of sp³-hybridized carbons (Fsp3) is 1.00. The summed E-state index contributed by atoms with van der Waals surface area (Å²) < 4.78 is 5.29. The van der Waals surface area contributed by atoms with Gasteiger partial charge in [-0.05, 0) is 19.8 Å². The van der Waals surface area contributed by atoms with Gasteiger partial charge >= 0.3 is 0 Å². The van der Waals surface area contributed by atoms with E-state index in [0.29, 0.717) is 6.54 Å². The predicted octanol–water partition coefficient (Wildman–Crippen LogP) is 0.848. The van der Waals surface area contributed by atoms with E-state index in [0.717, 1.165) is 45.7 Å². The third-order valence-corrected chi connectivity index (χ3v) is 3.90. The zero-order valence-corrected chi connectivity index (χ0v) is 11.5. The third kappa shape index (κ3) is 5.34. The van der Waals surface area contributed by atoms with Crippen LogP contribution < -0.4 is 5.32 Å². The monoisotopic (exact) mass is 244 g/mol. The van der Waals surface area contributed by atoms with Crippen molar-refractivity contribution in [2.75, 3.05) is 39.4 Å². The molecule has 1 aliphatic rings. The van der Waals surface area contributed by atoms with Crippen LogP contribution in [0, 0.1) is 0 Å². The summed E-state index contributed by atoms with van der Waals surface area (Å²) in [6, 6.07) is 0. The number of nitrogens with zero attached hydrogens (tertiary/aromatic N) is 1. The van der Waals surface area contributed by atoms with Crippen LogP contribution in [0.4, 0.5) is 0 Å². The highest BCUT2D eigenvalue weighted by Crippen LogP contribution is 2.13.